The van der Waals surface area contributed by atoms with Crippen LogP contribution < -0.4 is 10.6 Å². The molecule has 0 bridgehead atoms. The molecule has 0 unspecified atom stereocenters. The van der Waals surface area contributed by atoms with Gasteiger partial charge >= 0.3 is 12.2 Å². The number of nitrogens with zero attached hydrogens (tertiary/aromatic N) is 3. The Kier molecular flexibility index (Phi) is 9.41. The third kappa shape index (κ3) is 8.40. The molecule has 1 heterocycles. The molecular weight excluding hydrogens is 474 g/mol. The zero-order valence-corrected chi connectivity index (χ0v) is 21.8. The van der Waals surface area contributed by atoms with E-state index in [0.717, 1.165) is 5.56 Å². The molecule has 3 amide bonds. The van der Waals surface area contributed by atoms with E-state index in [9.17, 15) is 14.4 Å². The van der Waals surface area contributed by atoms with Crippen molar-refractivity contribution in [2.24, 2.45) is 0 Å². The minimum absolute atomic E-state index is 0.0746. The fourth-order valence-corrected chi connectivity index (χ4v) is 3.18. The molecule has 1 atom stereocenters. The summed E-state index contributed by atoms with van der Waals surface area (Å²) in [6.45, 7) is 8.98. The van der Waals surface area contributed by atoms with Gasteiger partial charge in [-0.05, 0) is 58.4 Å². The third-order valence-electron chi connectivity index (χ3n) is 4.95. The maximum absolute atomic E-state index is 13.1. The van der Waals surface area contributed by atoms with Crippen LogP contribution in [0.3, 0.4) is 0 Å². The number of hydrogen-bond acceptors (Lipinski definition) is 7. The molecule has 0 aliphatic carbocycles. The molecule has 11 heteroatoms. The number of likely N-dealkylation sites (N-methyl/N-ethyl adjacent to an activating group) is 1. The highest BCUT2D eigenvalue weighted by Gasteiger charge is 2.28. The molecule has 2 rings (SSSR count). The van der Waals surface area contributed by atoms with E-state index in [1.165, 1.54) is 7.11 Å². The van der Waals surface area contributed by atoms with E-state index < -0.39 is 23.8 Å². The summed E-state index contributed by atoms with van der Waals surface area (Å²) in [4.78, 5) is 38.5. The van der Waals surface area contributed by atoms with Crippen LogP contribution in [-0.2, 0) is 20.7 Å². The summed E-state index contributed by atoms with van der Waals surface area (Å²) in [5.74, 6) is -0.289. The van der Waals surface area contributed by atoms with E-state index in [4.69, 9.17) is 16.3 Å². The average molecular weight is 506 g/mol. The molecule has 0 aliphatic heterocycles. The van der Waals surface area contributed by atoms with Crippen LogP contribution in [0.5, 0.6) is 0 Å². The summed E-state index contributed by atoms with van der Waals surface area (Å²) in [6.07, 6.45) is -1.21. The number of alkyl carbamates (subject to hydrolysis) is 1. The lowest BCUT2D eigenvalue weighted by Gasteiger charge is -2.28. The minimum Gasteiger partial charge on any atom is -0.453 e. The van der Waals surface area contributed by atoms with Crippen molar-refractivity contribution in [2.75, 3.05) is 19.5 Å². The van der Waals surface area contributed by atoms with E-state index in [2.05, 4.69) is 25.6 Å². The second-order valence-electron chi connectivity index (χ2n) is 9.18. The standard InChI is InChI=1S/C24H32ClN5O5/c1-14(2)30(6)21(31)19(27-23(33)35-24(3,4)5)13-17-12-18(20(25)29-28-17)15-8-10-16(11-9-15)26-22(32)34-7/h8-12,14,19H,13H2,1-7H3,(H,26,32)(H,27,33)/t19-/m0/s1. The molecule has 0 radical (unpaired) electrons. The summed E-state index contributed by atoms with van der Waals surface area (Å²) < 4.78 is 9.92. The van der Waals surface area contributed by atoms with Gasteiger partial charge in [-0.25, -0.2) is 9.59 Å². The Balaban J connectivity index is 2.31. The highest BCUT2D eigenvalue weighted by Crippen LogP contribution is 2.28. The molecule has 0 aliphatic rings. The van der Waals surface area contributed by atoms with Gasteiger partial charge in [-0.1, -0.05) is 23.7 Å². The number of halogens is 1. The van der Waals surface area contributed by atoms with Crippen LogP contribution in [0.4, 0.5) is 15.3 Å². The van der Waals surface area contributed by atoms with E-state index in [0.29, 0.717) is 16.9 Å². The maximum Gasteiger partial charge on any atom is 0.411 e. The van der Waals surface area contributed by atoms with Crippen molar-refractivity contribution in [3.8, 4) is 11.1 Å². The fraction of sp³-hybridized carbons (Fsp3) is 0.458. The molecule has 2 aromatic rings. The molecule has 190 valence electrons. The van der Waals surface area contributed by atoms with Crippen molar-refractivity contribution < 1.29 is 23.9 Å². The van der Waals surface area contributed by atoms with Gasteiger partial charge < -0.3 is 19.7 Å². The Hall–Kier alpha value is -3.40. The summed E-state index contributed by atoms with van der Waals surface area (Å²) in [7, 11) is 2.95. The summed E-state index contributed by atoms with van der Waals surface area (Å²) in [5.41, 5.74) is 1.59. The van der Waals surface area contributed by atoms with Crippen molar-refractivity contribution >= 4 is 35.4 Å². The molecule has 2 N–H and O–H groups in total. The largest absolute Gasteiger partial charge is 0.453 e. The van der Waals surface area contributed by atoms with Gasteiger partial charge in [0.15, 0.2) is 5.15 Å². The van der Waals surface area contributed by atoms with Gasteiger partial charge in [0.05, 0.1) is 12.8 Å². The number of anilines is 1. The first kappa shape index (κ1) is 27.8. The van der Waals surface area contributed by atoms with Gasteiger partial charge in [-0.2, -0.15) is 5.10 Å². The number of amides is 3. The van der Waals surface area contributed by atoms with Gasteiger partial charge in [0.1, 0.15) is 11.6 Å². The molecular formula is C24H32ClN5O5. The van der Waals surface area contributed by atoms with Gasteiger partial charge in [0, 0.05) is 30.8 Å². The quantitative estimate of drug-likeness (QED) is 0.575. The Morgan fingerprint density at radius 2 is 1.71 bits per heavy atom. The van der Waals surface area contributed by atoms with Crippen molar-refractivity contribution in [1.82, 2.24) is 20.4 Å². The number of benzene rings is 1. The highest BCUT2D eigenvalue weighted by atomic mass is 35.5. The number of aromatic nitrogens is 2. The summed E-state index contributed by atoms with van der Waals surface area (Å²) in [5, 5.41) is 13.6. The fourth-order valence-electron chi connectivity index (χ4n) is 2.98. The molecule has 1 aromatic carbocycles. The maximum atomic E-state index is 13.1. The van der Waals surface area contributed by atoms with Gasteiger partial charge in [0.25, 0.3) is 0 Å². The Labute approximate surface area is 210 Å². The molecule has 1 aromatic heterocycles. The number of hydrogen-bond donors (Lipinski definition) is 2. The van der Waals surface area contributed by atoms with Crippen LogP contribution >= 0.6 is 11.6 Å². The second-order valence-corrected chi connectivity index (χ2v) is 9.54. The third-order valence-corrected chi connectivity index (χ3v) is 5.23. The average Bonchev–Trinajstić information content (AvgIpc) is 2.78. The van der Waals surface area contributed by atoms with E-state index in [1.54, 1.807) is 63.1 Å². The van der Waals surface area contributed by atoms with Crippen LogP contribution in [0, 0.1) is 0 Å². The summed E-state index contributed by atoms with van der Waals surface area (Å²) >= 11 is 6.30. The number of nitrogens with one attached hydrogen (secondary N) is 2. The second kappa shape index (κ2) is 11.8. The van der Waals surface area contributed by atoms with E-state index in [-0.39, 0.29) is 23.5 Å². The predicted molar refractivity (Wildman–Crippen MR) is 133 cm³/mol. The first-order valence-corrected chi connectivity index (χ1v) is 11.4. The smallest absolute Gasteiger partial charge is 0.411 e. The van der Waals surface area contributed by atoms with Crippen LogP contribution in [-0.4, -0.2) is 65.0 Å². The molecule has 0 saturated carbocycles. The normalized spacial score (nSPS) is 12.0. The predicted octanol–water partition coefficient (Wildman–Crippen LogP) is 4.28. The molecule has 0 spiro atoms. The summed E-state index contributed by atoms with van der Waals surface area (Å²) in [6, 6.07) is 7.61. The number of carbonyl (C=O) groups is 3. The number of rotatable bonds is 7. The van der Waals surface area contributed by atoms with Crippen molar-refractivity contribution in [3.05, 3.63) is 41.2 Å². The molecule has 0 saturated heterocycles. The first-order valence-electron chi connectivity index (χ1n) is 11.0. The molecule has 10 nitrogen and oxygen atoms in total. The number of methoxy groups -OCH3 is 1. The number of carbonyl (C=O) groups excluding carboxylic acids is 3. The lowest BCUT2D eigenvalue weighted by atomic mass is 10.0. The lowest BCUT2D eigenvalue weighted by molar-refractivity contribution is -0.133. The van der Waals surface area contributed by atoms with Crippen molar-refractivity contribution in [3.63, 3.8) is 0 Å². The first-order chi connectivity index (χ1) is 16.3. The van der Waals surface area contributed by atoms with Crippen LogP contribution in [0.2, 0.25) is 5.15 Å². The number of ether oxygens (including phenoxy) is 2. The zero-order chi connectivity index (χ0) is 26.3. The van der Waals surface area contributed by atoms with Crippen LogP contribution in [0.15, 0.2) is 30.3 Å². The van der Waals surface area contributed by atoms with Gasteiger partial charge in [-0.15, -0.1) is 5.10 Å². The van der Waals surface area contributed by atoms with E-state index >= 15 is 0 Å². The lowest BCUT2D eigenvalue weighted by Crippen LogP contribution is -2.51. The van der Waals surface area contributed by atoms with E-state index in [1.807, 2.05) is 13.8 Å². The Morgan fingerprint density at radius 1 is 1.09 bits per heavy atom. The van der Waals surface area contributed by atoms with Crippen LogP contribution in [0.1, 0.15) is 40.3 Å². The topological polar surface area (TPSA) is 123 Å². The minimum atomic E-state index is -0.924. The van der Waals surface area contributed by atoms with Crippen molar-refractivity contribution in [1.29, 1.82) is 0 Å². The van der Waals surface area contributed by atoms with Gasteiger partial charge in [-0.3, -0.25) is 10.1 Å². The Morgan fingerprint density at radius 3 is 2.26 bits per heavy atom. The zero-order valence-electron chi connectivity index (χ0n) is 21.0. The van der Waals surface area contributed by atoms with Crippen LogP contribution in [0.25, 0.3) is 11.1 Å². The SMILES string of the molecule is COC(=O)Nc1ccc(-c2cc(C[C@H](NC(=O)OC(C)(C)C)C(=O)N(C)C(C)C)nnc2Cl)cc1. The Bertz CT molecular complexity index is 1050. The molecule has 0 fully saturated rings. The van der Waals surface area contributed by atoms with Gasteiger partial charge in [0.2, 0.25) is 5.91 Å². The highest BCUT2D eigenvalue weighted by molar-refractivity contribution is 6.32. The molecule has 35 heavy (non-hydrogen) atoms. The van der Waals surface area contributed by atoms with Crippen molar-refractivity contribution in [2.45, 2.75) is 58.7 Å². The monoisotopic (exact) mass is 505 g/mol.